The second-order valence-corrected chi connectivity index (χ2v) is 5.46. The normalized spacial score (nSPS) is 21.8. The highest BCUT2D eigenvalue weighted by Crippen LogP contribution is 2.11. The zero-order valence-corrected chi connectivity index (χ0v) is 10.1. The summed E-state index contributed by atoms with van der Waals surface area (Å²) in [7, 11) is 0. The Hall–Kier alpha value is -0.450. The molecule has 0 spiro atoms. The Balaban J connectivity index is 1.65. The van der Waals surface area contributed by atoms with Gasteiger partial charge in [-0.3, -0.25) is 0 Å². The van der Waals surface area contributed by atoms with Crippen molar-refractivity contribution in [1.82, 2.24) is 15.6 Å². The fourth-order valence-electron chi connectivity index (χ4n) is 1.93. The molecule has 4 heteroatoms. The molecule has 2 rings (SSSR count). The van der Waals surface area contributed by atoms with Crippen LogP contribution in [-0.2, 0) is 6.54 Å². The maximum Gasteiger partial charge on any atom is 0.107 e. The van der Waals surface area contributed by atoms with Gasteiger partial charge >= 0.3 is 0 Å². The van der Waals surface area contributed by atoms with Gasteiger partial charge in [0.25, 0.3) is 0 Å². The molecule has 0 aliphatic carbocycles. The van der Waals surface area contributed by atoms with Crippen molar-refractivity contribution in [2.75, 3.05) is 13.1 Å². The van der Waals surface area contributed by atoms with Crippen molar-refractivity contribution in [2.45, 2.75) is 38.8 Å². The number of thiazole rings is 1. The fraction of sp³-hybridized carbons (Fsp3) is 0.727. The Morgan fingerprint density at radius 2 is 2.53 bits per heavy atom. The highest BCUT2D eigenvalue weighted by Gasteiger charge is 2.11. The van der Waals surface area contributed by atoms with E-state index in [-0.39, 0.29) is 0 Å². The number of nitrogens with one attached hydrogen (secondary N) is 2. The summed E-state index contributed by atoms with van der Waals surface area (Å²) in [5, 5.41) is 8.20. The minimum atomic E-state index is 0.666. The molecule has 2 N–H and O–H groups in total. The van der Waals surface area contributed by atoms with Crippen LogP contribution in [0.1, 0.15) is 29.1 Å². The lowest BCUT2D eigenvalue weighted by atomic mass is 10.1. The summed E-state index contributed by atoms with van der Waals surface area (Å²) in [4.78, 5) is 5.63. The Kier molecular flexibility index (Phi) is 4.11. The minimum absolute atomic E-state index is 0.666. The monoisotopic (exact) mass is 225 g/mol. The molecular formula is C11H19N3S. The molecule has 1 unspecified atom stereocenters. The van der Waals surface area contributed by atoms with E-state index in [1.54, 1.807) is 11.3 Å². The standard InChI is InChI=1S/C11H19N3S/c1-9-6-14-11(15-9)8-12-7-10-4-2-3-5-13-10/h6,10,12-13H,2-5,7-8H2,1H3. The van der Waals surface area contributed by atoms with E-state index in [1.807, 2.05) is 6.20 Å². The van der Waals surface area contributed by atoms with Crippen LogP contribution >= 0.6 is 11.3 Å². The van der Waals surface area contributed by atoms with E-state index in [1.165, 1.54) is 35.7 Å². The number of piperidine rings is 1. The van der Waals surface area contributed by atoms with Crippen LogP contribution in [0, 0.1) is 6.92 Å². The van der Waals surface area contributed by atoms with Crippen molar-refractivity contribution in [2.24, 2.45) is 0 Å². The van der Waals surface area contributed by atoms with E-state index in [2.05, 4.69) is 22.5 Å². The molecule has 1 atom stereocenters. The number of aryl methyl sites for hydroxylation is 1. The van der Waals surface area contributed by atoms with Gasteiger partial charge in [0.1, 0.15) is 5.01 Å². The molecule has 2 heterocycles. The molecule has 1 fully saturated rings. The maximum atomic E-state index is 4.33. The first kappa shape index (κ1) is 11.0. The van der Waals surface area contributed by atoms with Crippen molar-refractivity contribution in [3.63, 3.8) is 0 Å². The Morgan fingerprint density at radius 1 is 1.60 bits per heavy atom. The van der Waals surface area contributed by atoms with Gasteiger partial charge < -0.3 is 10.6 Å². The Labute approximate surface area is 95.3 Å². The van der Waals surface area contributed by atoms with Crippen molar-refractivity contribution in [1.29, 1.82) is 0 Å². The highest BCUT2D eigenvalue weighted by atomic mass is 32.1. The van der Waals surface area contributed by atoms with Crippen LogP contribution in [0.3, 0.4) is 0 Å². The largest absolute Gasteiger partial charge is 0.313 e. The molecule has 84 valence electrons. The van der Waals surface area contributed by atoms with Crippen LogP contribution in [-0.4, -0.2) is 24.1 Å². The minimum Gasteiger partial charge on any atom is -0.313 e. The number of hydrogen-bond donors (Lipinski definition) is 2. The quantitative estimate of drug-likeness (QED) is 0.818. The van der Waals surface area contributed by atoms with Gasteiger partial charge in [0.2, 0.25) is 0 Å². The molecule has 3 nitrogen and oxygen atoms in total. The van der Waals surface area contributed by atoms with Crippen LogP contribution in [0.4, 0.5) is 0 Å². The van der Waals surface area contributed by atoms with Gasteiger partial charge in [-0.15, -0.1) is 11.3 Å². The van der Waals surface area contributed by atoms with Gasteiger partial charge in [0.15, 0.2) is 0 Å². The van der Waals surface area contributed by atoms with Crippen LogP contribution in [0.5, 0.6) is 0 Å². The zero-order valence-electron chi connectivity index (χ0n) is 9.25. The molecule has 0 bridgehead atoms. The molecule has 0 amide bonds. The smallest absolute Gasteiger partial charge is 0.107 e. The molecule has 0 aromatic carbocycles. The van der Waals surface area contributed by atoms with Gasteiger partial charge in [-0.2, -0.15) is 0 Å². The maximum absolute atomic E-state index is 4.33. The molecule has 1 aliphatic rings. The van der Waals surface area contributed by atoms with Gasteiger partial charge in [-0.25, -0.2) is 4.98 Å². The third kappa shape index (κ3) is 3.55. The van der Waals surface area contributed by atoms with Crippen LogP contribution in [0.25, 0.3) is 0 Å². The molecule has 1 saturated heterocycles. The number of rotatable bonds is 4. The summed E-state index contributed by atoms with van der Waals surface area (Å²) in [6.45, 7) is 5.27. The van der Waals surface area contributed by atoms with Crippen molar-refractivity contribution in [3.8, 4) is 0 Å². The predicted molar refractivity (Wildman–Crippen MR) is 64.2 cm³/mol. The first-order chi connectivity index (χ1) is 7.34. The average molecular weight is 225 g/mol. The van der Waals surface area contributed by atoms with Crippen molar-refractivity contribution in [3.05, 3.63) is 16.1 Å². The van der Waals surface area contributed by atoms with Gasteiger partial charge in [0, 0.05) is 30.2 Å². The molecular weight excluding hydrogens is 206 g/mol. The van der Waals surface area contributed by atoms with Crippen LogP contribution < -0.4 is 10.6 Å². The summed E-state index contributed by atoms with van der Waals surface area (Å²) in [6.07, 6.45) is 5.96. The first-order valence-corrected chi connectivity index (χ1v) is 6.51. The number of nitrogens with zero attached hydrogens (tertiary/aromatic N) is 1. The topological polar surface area (TPSA) is 37.0 Å². The van der Waals surface area contributed by atoms with Gasteiger partial charge in [-0.05, 0) is 26.3 Å². The van der Waals surface area contributed by atoms with Crippen molar-refractivity contribution >= 4 is 11.3 Å². The number of aromatic nitrogens is 1. The lowest BCUT2D eigenvalue weighted by molar-refractivity contribution is 0.383. The predicted octanol–water partition coefficient (Wildman–Crippen LogP) is 1.68. The SMILES string of the molecule is Cc1cnc(CNCC2CCCCN2)s1. The highest BCUT2D eigenvalue weighted by molar-refractivity contribution is 7.11. The van der Waals surface area contributed by atoms with E-state index in [0.29, 0.717) is 6.04 Å². The summed E-state index contributed by atoms with van der Waals surface area (Å²) in [5.41, 5.74) is 0. The third-order valence-corrected chi connectivity index (χ3v) is 3.66. The lowest BCUT2D eigenvalue weighted by Gasteiger charge is -2.23. The average Bonchev–Trinajstić information content (AvgIpc) is 2.66. The van der Waals surface area contributed by atoms with E-state index in [4.69, 9.17) is 0 Å². The molecule has 15 heavy (non-hydrogen) atoms. The van der Waals surface area contributed by atoms with E-state index in [0.717, 1.165) is 13.1 Å². The summed E-state index contributed by atoms with van der Waals surface area (Å²) < 4.78 is 0. The first-order valence-electron chi connectivity index (χ1n) is 5.70. The number of hydrogen-bond acceptors (Lipinski definition) is 4. The van der Waals surface area contributed by atoms with E-state index >= 15 is 0 Å². The Morgan fingerprint density at radius 3 is 3.20 bits per heavy atom. The molecule has 1 aliphatic heterocycles. The van der Waals surface area contributed by atoms with E-state index < -0.39 is 0 Å². The third-order valence-electron chi connectivity index (χ3n) is 2.75. The molecule has 0 radical (unpaired) electrons. The summed E-state index contributed by atoms with van der Waals surface area (Å²) in [5.74, 6) is 0. The van der Waals surface area contributed by atoms with Crippen molar-refractivity contribution < 1.29 is 0 Å². The molecule has 1 aromatic heterocycles. The fourth-order valence-corrected chi connectivity index (χ4v) is 2.69. The van der Waals surface area contributed by atoms with Crippen LogP contribution in [0.2, 0.25) is 0 Å². The molecule has 0 saturated carbocycles. The van der Waals surface area contributed by atoms with Gasteiger partial charge in [0.05, 0.1) is 0 Å². The molecule has 1 aromatic rings. The summed E-state index contributed by atoms with van der Waals surface area (Å²) >= 11 is 1.78. The van der Waals surface area contributed by atoms with Gasteiger partial charge in [-0.1, -0.05) is 6.42 Å². The zero-order chi connectivity index (χ0) is 10.5. The summed E-state index contributed by atoms with van der Waals surface area (Å²) in [6, 6.07) is 0.666. The van der Waals surface area contributed by atoms with Crippen LogP contribution in [0.15, 0.2) is 6.20 Å². The van der Waals surface area contributed by atoms with E-state index in [9.17, 15) is 0 Å². The second-order valence-electron chi connectivity index (χ2n) is 4.14. The Bertz CT molecular complexity index is 292. The second kappa shape index (κ2) is 5.58. The lowest BCUT2D eigenvalue weighted by Crippen LogP contribution is -2.41.